The molecule has 0 amide bonds. The maximum absolute atomic E-state index is 5.90. The average Bonchev–Trinajstić information content (AvgIpc) is 3.03. The van der Waals surface area contributed by atoms with Crippen LogP contribution < -0.4 is 20.5 Å². The van der Waals surface area contributed by atoms with Crippen molar-refractivity contribution in [2.45, 2.75) is 26.2 Å². The number of nitrogens with two attached hydrogens (primary N) is 1. The Kier molecular flexibility index (Phi) is 9.85. The number of aryl methyl sites for hydroxylation is 2. The maximum Gasteiger partial charge on any atom is 0.188 e. The highest BCUT2D eigenvalue weighted by Crippen LogP contribution is 2.27. The van der Waals surface area contributed by atoms with E-state index in [1.54, 1.807) is 14.2 Å². The molecule has 144 valence electrons. The van der Waals surface area contributed by atoms with Crippen molar-refractivity contribution in [2.24, 2.45) is 10.7 Å². The molecule has 8 heteroatoms. The lowest BCUT2D eigenvalue weighted by atomic mass is 10.1. The molecule has 0 radical (unpaired) electrons. The van der Waals surface area contributed by atoms with Crippen LogP contribution in [0.25, 0.3) is 0 Å². The summed E-state index contributed by atoms with van der Waals surface area (Å²) in [6.45, 7) is 3.43. The fraction of sp³-hybridized carbons (Fsp3) is 0.444. The third-order valence-corrected chi connectivity index (χ3v) is 3.99. The van der Waals surface area contributed by atoms with Crippen LogP contribution in [0.15, 0.2) is 29.4 Å². The van der Waals surface area contributed by atoms with Crippen LogP contribution in [-0.4, -0.2) is 43.5 Å². The second kappa shape index (κ2) is 11.6. The Balaban J connectivity index is 0.00000338. The summed E-state index contributed by atoms with van der Waals surface area (Å²) in [6, 6.07) is 5.90. The van der Waals surface area contributed by atoms with Gasteiger partial charge in [0.15, 0.2) is 17.5 Å². The second-order valence-corrected chi connectivity index (χ2v) is 5.76. The molecule has 1 heterocycles. The fourth-order valence-electron chi connectivity index (χ4n) is 2.52. The third-order valence-electron chi connectivity index (χ3n) is 3.99. The molecule has 0 aliphatic heterocycles. The molecule has 7 nitrogen and oxygen atoms in total. The number of aromatic amines is 1. The summed E-state index contributed by atoms with van der Waals surface area (Å²) < 4.78 is 10.5. The number of nitrogens with one attached hydrogen (secondary N) is 2. The van der Waals surface area contributed by atoms with E-state index in [1.165, 1.54) is 5.56 Å². The first-order valence-electron chi connectivity index (χ1n) is 8.37. The Morgan fingerprint density at radius 3 is 2.65 bits per heavy atom. The van der Waals surface area contributed by atoms with Crippen LogP contribution >= 0.6 is 24.0 Å². The molecule has 0 unspecified atom stereocenters. The molecule has 0 saturated carbocycles. The molecule has 26 heavy (non-hydrogen) atoms. The van der Waals surface area contributed by atoms with Crippen LogP contribution in [0.1, 0.15) is 23.2 Å². The zero-order valence-electron chi connectivity index (χ0n) is 15.5. The van der Waals surface area contributed by atoms with Gasteiger partial charge in [0.25, 0.3) is 0 Å². The topological polar surface area (TPSA) is 97.5 Å². The van der Waals surface area contributed by atoms with Crippen LogP contribution in [0.4, 0.5) is 0 Å². The monoisotopic (exact) mass is 473 g/mol. The predicted molar refractivity (Wildman–Crippen MR) is 115 cm³/mol. The Morgan fingerprint density at radius 2 is 2.00 bits per heavy atom. The van der Waals surface area contributed by atoms with Gasteiger partial charge in [-0.3, -0.25) is 10.1 Å². The number of methoxy groups -OCH3 is 2. The van der Waals surface area contributed by atoms with Gasteiger partial charge in [0.05, 0.1) is 20.4 Å². The number of aromatic nitrogens is 2. The lowest BCUT2D eigenvalue weighted by molar-refractivity contribution is 0.354. The van der Waals surface area contributed by atoms with Gasteiger partial charge in [-0.25, -0.2) is 0 Å². The molecule has 2 aromatic rings. The van der Waals surface area contributed by atoms with Crippen LogP contribution in [0, 0.1) is 6.92 Å². The zero-order chi connectivity index (χ0) is 18.1. The van der Waals surface area contributed by atoms with Gasteiger partial charge in [-0.2, -0.15) is 5.10 Å². The van der Waals surface area contributed by atoms with Crippen molar-refractivity contribution in [1.29, 1.82) is 0 Å². The highest BCUT2D eigenvalue weighted by Gasteiger charge is 2.04. The van der Waals surface area contributed by atoms with Crippen molar-refractivity contribution in [3.05, 3.63) is 41.2 Å². The summed E-state index contributed by atoms with van der Waals surface area (Å²) in [5.41, 5.74) is 9.40. The maximum atomic E-state index is 5.90. The molecule has 4 N–H and O–H groups in total. The van der Waals surface area contributed by atoms with Crippen LogP contribution in [-0.2, 0) is 12.8 Å². The molecule has 0 aliphatic rings. The van der Waals surface area contributed by atoms with Crippen molar-refractivity contribution < 1.29 is 9.47 Å². The standard InChI is InChI=1S/C18H27N5O2.HI/c1-13-15(12-22-23-13)5-4-9-20-18(19)21-10-8-14-6-7-16(24-2)17(11-14)25-3;/h6-7,11-12H,4-5,8-10H2,1-3H3,(H,22,23)(H3,19,20,21);1H. The van der Waals surface area contributed by atoms with Gasteiger partial charge >= 0.3 is 0 Å². The summed E-state index contributed by atoms with van der Waals surface area (Å²) in [5.74, 6) is 1.94. The van der Waals surface area contributed by atoms with Crippen molar-refractivity contribution in [3.8, 4) is 11.5 Å². The number of H-pyrrole nitrogens is 1. The van der Waals surface area contributed by atoms with E-state index in [1.807, 2.05) is 31.3 Å². The smallest absolute Gasteiger partial charge is 0.188 e. The summed E-state index contributed by atoms with van der Waals surface area (Å²) >= 11 is 0. The van der Waals surface area contributed by atoms with E-state index in [9.17, 15) is 0 Å². The minimum atomic E-state index is 0. The van der Waals surface area contributed by atoms with Gasteiger partial charge in [0.2, 0.25) is 0 Å². The number of rotatable bonds is 9. The van der Waals surface area contributed by atoms with Gasteiger partial charge in [0.1, 0.15) is 0 Å². The number of hydrogen-bond donors (Lipinski definition) is 3. The van der Waals surface area contributed by atoms with E-state index in [-0.39, 0.29) is 24.0 Å². The van der Waals surface area contributed by atoms with Crippen molar-refractivity contribution in [3.63, 3.8) is 0 Å². The van der Waals surface area contributed by atoms with Gasteiger partial charge in [-0.15, -0.1) is 24.0 Å². The molecule has 0 saturated heterocycles. The van der Waals surface area contributed by atoms with E-state index in [0.29, 0.717) is 19.0 Å². The molecular weight excluding hydrogens is 445 g/mol. The first kappa shape index (κ1) is 22.1. The number of nitrogens with zero attached hydrogens (tertiary/aromatic N) is 2. The Labute approximate surface area is 171 Å². The SMILES string of the molecule is COc1ccc(CCNC(N)=NCCCc2cn[nH]c2C)cc1OC.I. The molecule has 1 aromatic carbocycles. The number of benzene rings is 1. The van der Waals surface area contributed by atoms with Crippen LogP contribution in [0.5, 0.6) is 11.5 Å². The minimum Gasteiger partial charge on any atom is -0.493 e. The van der Waals surface area contributed by atoms with Crippen molar-refractivity contribution >= 4 is 29.9 Å². The average molecular weight is 473 g/mol. The molecule has 1 aromatic heterocycles. The molecule has 0 aliphatic carbocycles. The van der Waals surface area contributed by atoms with Crippen LogP contribution in [0.2, 0.25) is 0 Å². The lowest BCUT2D eigenvalue weighted by Crippen LogP contribution is -2.33. The van der Waals surface area contributed by atoms with Crippen molar-refractivity contribution in [2.75, 3.05) is 27.3 Å². The first-order chi connectivity index (χ1) is 12.1. The highest BCUT2D eigenvalue weighted by molar-refractivity contribution is 14.0. The quantitative estimate of drug-likeness (QED) is 0.225. The van der Waals surface area contributed by atoms with E-state index in [2.05, 4.69) is 20.5 Å². The summed E-state index contributed by atoms with van der Waals surface area (Å²) in [5, 5.41) is 10.1. The fourth-order valence-corrected chi connectivity index (χ4v) is 2.52. The number of ether oxygens (including phenoxy) is 2. The third kappa shape index (κ3) is 6.74. The van der Waals surface area contributed by atoms with Gasteiger partial charge in [0, 0.05) is 18.8 Å². The summed E-state index contributed by atoms with van der Waals surface area (Å²) in [4.78, 5) is 4.35. The Bertz CT molecular complexity index is 703. The molecule has 0 spiro atoms. The minimum absolute atomic E-state index is 0. The second-order valence-electron chi connectivity index (χ2n) is 5.76. The van der Waals surface area contributed by atoms with Crippen molar-refractivity contribution in [1.82, 2.24) is 15.5 Å². The number of guanidine groups is 1. The summed E-state index contributed by atoms with van der Waals surface area (Å²) in [7, 11) is 3.26. The number of aliphatic imine (C=N–C) groups is 1. The van der Waals surface area contributed by atoms with E-state index in [0.717, 1.165) is 42.0 Å². The van der Waals surface area contributed by atoms with E-state index in [4.69, 9.17) is 15.2 Å². The Morgan fingerprint density at radius 1 is 1.23 bits per heavy atom. The van der Waals surface area contributed by atoms with Gasteiger partial charge < -0.3 is 20.5 Å². The highest BCUT2D eigenvalue weighted by atomic mass is 127. The Hall–Kier alpha value is -1.97. The molecule has 0 atom stereocenters. The lowest BCUT2D eigenvalue weighted by Gasteiger charge is -2.10. The molecule has 0 fully saturated rings. The largest absolute Gasteiger partial charge is 0.493 e. The molecular formula is C18H28IN5O2. The van der Waals surface area contributed by atoms with Crippen LogP contribution in [0.3, 0.4) is 0 Å². The number of hydrogen-bond acceptors (Lipinski definition) is 4. The van der Waals surface area contributed by atoms with E-state index >= 15 is 0 Å². The summed E-state index contributed by atoms with van der Waals surface area (Å²) in [6.07, 6.45) is 4.58. The molecule has 2 rings (SSSR count). The van der Waals surface area contributed by atoms with E-state index < -0.39 is 0 Å². The normalized spacial score (nSPS) is 11.0. The number of halogens is 1. The first-order valence-corrected chi connectivity index (χ1v) is 8.37. The molecule has 0 bridgehead atoms. The predicted octanol–water partition coefficient (Wildman–Crippen LogP) is 2.43. The zero-order valence-corrected chi connectivity index (χ0v) is 17.9. The van der Waals surface area contributed by atoms with Gasteiger partial charge in [-0.1, -0.05) is 6.07 Å². The van der Waals surface area contributed by atoms with Gasteiger partial charge in [-0.05, 0) is 49.4 Å².